The molecular formula is C11H15FN2O3. The Morgan fingerprint density at radius 3 is 2.88 bits per heavy atom. The van der Waals surface area contributed by atoms with Gasteiger partial charge in [0, 0.05) is 12.6 Å². The minimum Gasteiger partial charge on any atom is -0.478 e. The van der Waals surface area contributed by atoms with Crippen molar-refractivity contribution in [2.45, 2.75) is 25.8 Å². The molecule has 0 spiro atoms. The molecule has 1 aromatic heterocycles. The van der Waals surface area contributed by atoms with Crippen LogP contribution >= 0.6 is 0 Å². The van der Waals surface area contributed by atoms with Gasteiger partial charge in [0.2, 0.25) is 0 Å². The number of nitrogens with zero attached hydrogens (tertiary/aromatic N) is 1. The highest BCUT2D eigenvalue weighted by atomic mass is 19.1. The van der Waals surface area contributed by atoms with Gasteiger partial charge in [-0.05, 0) is 18.9 Å². The van der Waals surface area contributed by atoms with Gasteiger partial charge in [0.1, 0.15) is 17.2 Å². The number of pyridine rings is 1. The molecule has 0 fully saturated rings. The number of aromatic nitrogens is 1. The van der Waals surface area contributed by atoms with E-state index in [9.17, 15) is 9.18 Å². The molecule has 0 aliphatic carbocycles. The van der Waals surface area contributed by atoms with E-state index in [1.54, 1.807) is 0 Å². The summed E-state index contributed by atoms with van der Waals surface area (Å²) in [4.78, 5) is 14.6. The van der Waals surface area contributed by atoms with Gasteiger partial charge < -0.3 is 15.5 Å². The number of carboxylic acid groups (broad SMARTS) is 1. The Kier molecular flexibility index (Phi) is 4.84. The van der Waals surface area contributed by atoms with Crippen LogP contribution in [0.25, 0.3) is 0 Å². The normalized spacial score (nSPS) is 12.2. The van der Waals surface area contributed by atoms with E-state index in [4.69, 9.17) is 10.2 Å². The molecule has 1 rings (SSSR count). The molecule has 1 atom stereocenters. The lowest BCUT2D eigenvalue weighted by atomic mass is 10.1. The van der Waals surface area contributed by atoms with Crippen LogP contribution in [0, 0.1) is 5.82 Å². The number of rotatable bonds is 6. The van der Waals surface area contributed by atoms with Crippen LogP contribution in [0.3, 0.4) is 0 Å². The van der Waals surface area contributed by atoms with E-state index in [-0.39, 0.29) is 24.0 Å². The highest BCUT2D eigenvalue weighted by molar-refractivity contribution is 5.93. The Bertz CT molecular complexity index is 398. The molecule has 0 saturated heterocycles. The highest BCUT2D eigenvalue weighted by Crippen LogP contribution is 2.16. The van der Waals surface area contributed by atoms with E-state index in [1.807, 2.05) is 6.92 Å². The van der Waals surface area contributed by atoms with Gasteiger partial charge in [0.25, 0.3) is 0 Å². The summed E-state index contributed by atoms with van der Waals surface area (Å²) in [6, 6.07) is 0.833. The molecule has 0 aliphatic heterocycles. The van der Waals surface area contributed by atoms with Crippen molar-refractivity contribution in [3.63, 3.8) is 0 Å². The number of aliphatic hydroxyl groups is 1. The molecule has 1 unspecified atom stereocenters. The van der Waals surface area contributed by atoms with E-state index in [1.165, 1.54) is 0 Å². The number of halogens is 1. The average Bonchev–Trinajstić information content (AvgIpc) is 2.30. The predicted octanol–water partition coefficient (Wildman–Crippen LogP) is 1.49. The average molecular weight is 242 g/mol. The smallest absolute Gasteiger partial charge is 0.339 e. The molecule has 94 valence electrons. The zero-order chi connectivity index (χ0) is 12.8. The molecule has 0 radical (unpaired) electrons. The first kappa shape index (κ1) is 13.4. The molecule has 0 aliphatic rings. The van der Waals surface area contributed by atoms with Crippen molar-refractivity contribution in [3.05, 3.63) is 23.6 Å². The molecule has 5 nitrogen and oxygen atoms in total. The Morgan fingerprint density at radius 2 is 2.35 bits per heavy atom. The van der Waals surface area contributed by atoms with Crippen molar-refractivity contribution in [1.82, 2.24) is 4.98 Å². The van der Waals surface area contributed by atoms with Crippen molar-refractivity contribution >= 4 is 11.8 Å². The summed E-state index contributed by atoms with van der Waals surface area (Å²) in [5.74, 6) is -1.80. The summed E-state index contributed by atoms with van der Waals surface area (Å²) in [5, 5.41) is 20.6. The van der Waals surface area contributed by atoms with E-state index < -0.39 is 11.8 Å². The fraction of sp³-hybridized carbons (Fsp3) is 0.455. The van der Waals surface area contributed by atoms with Crippen molar-refractivity contribution in [1.29, 1.82) is 0 Å². The lowest BCUT2D eigenvalue weighted by Crippen LogP contribution is -2.22. The zero-order valence-corrected chi connectivity index (χ0v) is 9.48. The molecule has 0 saturated carbocycles. The largest absolute Gasteiger partial charge is 0.478 e. The van der Waals surface area contributed by atoms with Crippen molar-refractivity contribution < 1.29 is 19.4 Å². The maximum absolute atomic E-state index is 12.9. The Labute approximate surface area is 98.3 Å². The number of hydrogen-bond acceptors (Lipinski definition) is 4. The molecule has 0 amide bonds. The Balaban J connectivity index is 2.92. The fourth-order valence-corrected chi connectivity index (χ4v) is 1.44. The maximum atomic E-state index is 12.9. The second-order valence-electron chi connectivity index (χ2n) is 3.62. The quantitative estimate of drug-likeness (QED) is 0.704. The van der Waals surface area contributed by atoms with Crippen LogP contribution in [-0.2, 0) is 0 Å². The first-order valence-electron chi connectivity index (χ1n) is 5.34. The van der Waals surface area contributed by atoms with Gasteiger partial charge in [-0.25, -0.2) is 14.2 Å². The molecule has 17 heavy (non-hydrogen) atoms. The maximum Gasteiger partial charge on any atom is 0.339 e. The van der Waals surface area contributed by atoms with Gasteiger partial charge in [0.15, 0.2) is 0 Å². The SMILES string of the molecule is CCC(CCO)Nc1ncc(F)cc1C(=O)O. The predicted molar refractivity (Wildman–Crippen MR) is 60.6 cm³/mol. The first-order valence-corrected chi connectivity index (χ1v) is 5.34. The summed E-state index contributed by atoms with van der Waals surface area (Å²) in [6.45, 7) is 1.90. The van der Waals surface area contributed by atoms with Gasteiger partial charge in [0.05, 0.1) is 6.20 Å². The molecular weight excluding hydrogens is 227 g/mol. The second-order valence-corrected chi connectivity index (χ2v) is 3.62. The van der Waals surface area contributed by atoms with Crippen LogP contribution in [-0.4, -0.2) is 33.8 Å². The number of carbonyl (C=O) groups is 1. The van der Waals surface area contributed by atoms with E-state index >= 15 is 0 Å². The highest BCUT2D eigenvalue weighted by Gasteiger charge is 2.15. The van der Waals surface area contributed by atoms with Crippen LogP contribution in [0.2, 0.25) is 0 Å². The molecule has 6 heteroatoms. The van der Waals surface area contributed by atoms with Crippen molar-refractivity contribution in [3.8, 4) is 0 Å². The molecule has 1 heterocycles. The minimum atomic E-state index is -1.24. The topological polar surface area (TPSA) is 82.5 Å². The van der Waals surface area contributed by atoms with E-state index in [0.717, 1.165) is 12.3 Å². The van der Waals surface area contributed by atoms with Gasteiger partial charge in [-0.15, -0.1) is 0 Å². The third-order valence-corrected chi connectivity index (χ3v) is 2.40. The number of hydrogen-bond donors (Lipinski definition) is 3. The molecule has 3 N–H and O–H groups in total. The zero-order valence-electron chi connectivity index (χ0n) is 9.48. The lowest BCUT2D eigenvalue weighted by Gasteiger charge is -2.17. The van der Waals surface area contributed by atoms with Gasteiger partial charge in [-0.1, -0.05) is 6.92 Å². The summed E-state index contributed by atoms with van der Waals surface area (Å²) < 4.78 is 12.9. The van der Waals surface area contributed by atoms with Crippen LogP contribution in [0.15, 0.2) is 12.3 Å². The van der Waals surface area contributed by atoms with Gasteiger partial charge >= 0.3 is 5.97 Å². The summed E-state index contributed by atoms with van der Waals surface area (Å²) in [6.07, 6.45) is 2.15. The van der Waals surface area contributed by atoms with Crippen molar-refractivity contribution in [2.75, 3.05) is 11.9 Å². The second kappa shape index (κ2) is 6.15. The minimum absolute atomic E-state index is 0.00486. The number of anilines is 1. The summed E-state index contributed by atoms with van der Waals surface area (Å²) >= 11 is 0. The van der Waals surface area contributed by atoms with E-state index in [0.29, 0.717) is 12.8 Å². The monoisotopic (exact) mass is 242 g/mol. The van der Waals surface area contributed by atoms with Crippen LogP contribution < -0.4 is 5.32 Å². The third kappa shape index (κ3) is 3.67. The number of nitrogens with one attached hydrogen (secondary N) is 1. The Morgan fingerprint density at radius 1 is 1.65 bits per heavy atom. The van der Waals surface area contributed by atoms with Crippen LogP contribution in [0.1, 0.15) is 30.1 Å². The molecule has 0 bridgehead atoms. The van der Waals surface area contributed by atoms with E-state index in [2.05, 4.69) is 10.3 Å². The molecule has 0 aromatic carbocycles. The van der Waals surface area contributed by atoms with Gasteiger partial charge in [-0.3, -0.25) is 0 Å². The first-order chi connectivity index (χ1) is 8.08. The van der Waals surface area contributed by atoms with Crippen molar-refractivity contribution in [2.24, 2.45) is 0 Å². The van der Waals surface area contributed by atoms with Crippen LogP contribution in [0.5, 0.6) is 0 Å². The van der Waals surface area contributed by atoms with Crippen LogP contribution in [0.4, 0.5) is 10.2 Å². The number of carboxylic acids is 1. The third-order valence-electron chi connectivity index (χ3n) is 2.40. The fourth-order valence-electron chi connectivity index (χ4n) is 1.44. The number of aliphatic hydroxyl groups excluding tert-OH is 1. The summed E-state index contributed by atoms with van der Waals surface area (Å²) in [7, 11) is 0. The Hall–Kier alpha value is -1.69. The lowest BCUT2D eigenvalue weighted by molar-refractivity contribution is 0.0697. The number of aromatic carboxylic acids is 1. The van der Waals surface area contributed by atoms with Gasteiger partial charge in [-0.2, -0.15) is 0 Å². The standard InChI is InChI=1S/C11H15FN2O3/c1-2-8(3-4-15)14-10-9(11(16)17)5-7(12)6-13-10/h5-6,8,15H,2-4H2,1H3,(H,13,14)(H,16,17). The molecule has 1 aromatic rings. The summed E-state index contributed by atoms with van der Waals surface area (Å²) in [5.41, 5.74) is -0.207.